The predicted octanol–water partition coefficient (Wildman–Crippen LogP) is 3.53. The summed E-state index contributed by atoms with van der Waals surface area (Å²) in [6.45, 7) is 0. The van der Waals surface area contributed by atoms with Crippen molar-refractivity contribution in [2.24, 2.45) is 0 Å². The maximum Gasteiger partial charge on any atom is 0.251 e. The van der Waals surface area contributed by atoms with Crippen LogP contribution in [0.3, 0.4) is 0 Å². The van der Waals surface area contributed by atoms with Crippen LogP contribution in [0, 0.1) is 0 Å². The van der Waals surface area contributed by atoms with Gasteiger partial charge < -0.3 is 14.8 Å². The van der Waals surface area contributed by atoms with Crippen molar-refractivity contribution in [2.45, 2.75) is 37.8 Å². The molecule has 128 valence electrons. The SMILES string of the molecule is O=C(N[C@H]1CC[C@@H](O)CC1)c1ccc(-c2nccc3occc23)cc1. The first-order chi connectivity index (χ1) is 12.2. The molecule has 2 heterocycles. The van der Waals surface area contributed by atoms with Gasteiger partial charge in [0.05, 0.1) is 18.1 Å². The summed E-state index contributed by atoms with van der Waals surface area (Å²) in [5, 5.41) is 13.6. The summed E-state index contributed by atoms with van der Waals surface area (Å²) in [6.07, 6.45) is 6.33. The molecule has 5 heteroatoms. The molecule has 0 atom stereocenters. The number of benzene rings is 1. The van der Waals surface area contributed by atoms with E-state index in [1.807, 2.05) is 36.4 Å². The van der Waals surface area contributed by atoms with E-state index in [0.717, 1.165) is 47.9 Å². The monoisotopic (exact) mass is 336 g/mol. The highest BCUT2D eigenvalue weighted by atomic mass is 16.3. The molecule has 1 aliphatic rings. The van der Waals surface area contributed by atoms with Crippen LogP contribution in [0.25, 0.3) is 22.2 Å². The highest BCUT2D eigenvalue weighted by molar-refractivity contribution is 5.96. The Kier molecular flexibility index (Phi) is 4.24. The average molecular weight is 336 g/mol. The third-order valence-corrected chi connectivity index (χ3v) is 4.83. The van der Waals surface area contributed by atoms with Crippen molar-refractivity contribution in [2.75, 3.05) is 0 Å². The van der Waals surface area contributed by atoms with Crippen LogP contribution in [0.2, 0.25) is 0 Å². The zero-order valence-electron chi connectivity index (χ0n) is 13.8. The van der Waals surface area contributed by atoms with Gasteiger partial charge >= 0.3 is 0 Å². The van der Waals surface area contributed by atoms with Crippen LogP contribution in [0.5, 0.6) is 0 Å². The molecule has 0 spiro atoms. The lowest BCUT2D eigenvalue weighted by atomic mass is 9.93. The Morgan fingerprint density at radius 2 is 1.84 bits per heavy atom. The number of carbonyl (C=O) groups excluding carboxylic acids is 1. The molecule has 0 aliphatic heterocycles. The molecule has 0 unspecified atom stereocenters. The van der Waals surface area contributed by atoms with Crippen LogP contribution in [0.1, 0.15) is 36.0 Å². The number of nitrogens with one attached hydrogen (secondary N) is 1. The number of fused-ring (bicyclic) bond motifs is 1. The molecule has 1 fully saturated rings. The summed E-state index contributed by atoms with van der Waals surface area (Å²) in [4.78, 5) is 16.8. The molecule has 2 N–H and O–H groups in total. The zero-order valence-corrected chi connectivity index (χ0v) is 13.8. The van der Waals surface area contributed by atoms with E-state index < -0.39 is 0 Å². The van der Waals surface area contributed by atoms with E-state index in [-0.39, 0.29) is 18.1 Å². The van der Waals surface area contributed by atoms with Crippen LogP contribution in [0.4, 0.5) is 0 Å². The second-order valence-corrected chi connectivity index (χ2v) is 6.55. The summed E-state index contributed by atoms with van der Waals surface area (Å²) >= 11 is 0. The number of aliphatic hydroxyl groups excluding tert-OH is 1. The Bertz CT molecular complexity index is 877. The van der Waals surface area contributed by atoms with Gasteiger partial charge in [-0.25, -0.2) is 0 Å². The maximum absolute atomic E-state index is 12.4. The molecule has 1 amide bonds. The van der Waals surface area contributed by atoms with Gasteiger partial charge in [0.25, 0.3) is 5.91 Å². The first kappa shape index (κ1) is 15.8. The van der Waals surface area contributed by atoms with E-state index in [9.17, 15) is 9.90 Å². The molecule has 25 heavy (non-hydrogen) atoms. The van der Waals surface area contributed by atoms with Gasteiger partial charge in [-0.3, -0.25) is 9.78 Å². The normalized spacial score (nSPS) is 20.5. The third kappa shape index (κ3) is 3.28. The van der Waals surface area contributed by atoms with E-state index in [0.29, 0.717) is 5.56 Å². The Morgan fingerprint density at radius 1 is 1.08 bits per heavy atom. The molecule has 4 rings (SSSR count). The smallest absolute Gasteiger partial charge is 0.251 e. The van der Waals surface area contributed by atoms with Crippen LogP contribution in [0.15, 0.2) is 53.3 Å². The molecule has 5 nitrogen and oxygen atoms in total. The first-order valence-electron chi connectivity index (χ1n) is 8.62. The van der Waals surface area contributed by atoms with Crippen molar-refractivity contribution < 1.29 is 14.3 Å². The number of hydrogen-bond acceptors (Lipinski definition) is 4. The second kappa shape index (κ2) is 6.69. The van der Waals surface area contributed by atoms with Gasteiger partial charge in [-0.15, -0.1) is 0 Å². The topological polar surface area (TPSA) is 75.4 Å². The maximum atomic E-state index is 12.4. The Hall–Kier alpha value is -2.66. The van der Waals surface area contributed by atoms with Crippen molar-refractivity contribution in [3.8, 4) is 11.3 Å². The lowest BCUT2D eigenvalue weighted by Gasteiger charge is -2.26. The van der Waals surface area contributed by atoms with Crippen LogP contribution in [-0.4, -0.2) is 28.1 Å². The van der Waals surface area contributed by atoms with Gasteiger partial charge in [-0.05, 0) is 49.9 Å². The highest BCUT2D eigenvalue weighted by Crippen LogP contribution is 2.27. The van der Waals surface area contributed by atoms with Gasteiger partial charge in [-0.1, -0.05) is 12.1 Å². The Morgan fingerprint density at radius 3 is 2.60 bits per heavy atom. The minimum atomic E-state index is -0.217. The fraction of sp³-hybridized carbons (Fsp3) is 0.300. The largest absolute Gasteiger partial charge is 0.464 e. The van der Waals surface area contributed by atoms with Crippen LogP contribution < -0.4 is 5.32 Å². The number of aromatic nitrogens is 1. The number of carbonyl (C=O) groups is 1. The lowest BCUT2D eigenvalue weighted by Crippen LogP contribution is -2.38. The number of furan rings is 1. The van der Waals surface area contributed by atoms with Crippen molar-refractivity contribution in [3.63, 3.8) is 0 Å². The molecular weight excluding hydrogens is 316 g/mol. The molecule has 1 saturated carbocycles. The summed E-state index contributed by atoms with van der Waals surface area (Å²) in [5.74, 6) is -0.0672. The van der Waals surface area contributed by atoms with Crippen LogP contribution in [-0.2, 0) is 0 Å². The number of aliphatic hydroxyl groups is 1. The quantitative estimate of drug-likeness (QED) is 0.767. The average Bonchev–Trinajstić information content (AvgIpc) is 3.12. The summed E-state index contributed by atoms with van der Waals surface area (Å²) < 4.78 is 5.41. The molecular formula is C20H20N2O3. The van der Waals surface area contributed by atoms with Gasteiger partial charge in [0.2, 0.25) is 0 Å². The van der Waals surface area contributed by atoms with E-state index in [1.165, 1.54) is 0 Å². The minimum Gasteiger partial charge on any atom is -0.464 e. The lowest BCUT2D eigenvalue weighted by molar-refractivity contribution is 0.0867. The second-order valence-electron chi connectivity index (χ2n) is 6.55. The minimum absolute atomic E-state index is 0.0672. The van der Waals surface area contributed by atoms with E-state index >= 15 is 0 Å². The number of pyridine rings is 1. The number of hydrogen-bond donors (Lipinski definition) is 2. The number of amides is 1. The van der Waals surface area contributed by atoms with Crippen LogP contribution >= 0.6 is 0 Å². The molecule has 0 radical (unpaired) electrons. The highest BCUT2D eigenvalue weighted by Gasteiger charge is 2.21. The van der Waals surface area contributed by atoms with Crippen molar-refractivity contribution >= 4 is 16.9 Å². The van der Waals surface area contributed by atoms with Gasteiger partial charge in [0.1, 0.15) is 5.58 Å². The third-order valence-electron chi connectivity index (χ3n) is 4.83. The summed E-state index contributed by atoms with van der Waals surface area (Å²) in [6, 6.07) is 11.4. The van der Waals surface area contributed by atoms with Gasteiger partial charge in [0, 0.05) is 28.8 Å². The number of rotatable bonds is 3. The summed E-state index contributed by atoms with van der Waals surface area (Å²) in [5.41, 5.74) is 3.23. The van der Waals surface area contributed by atoms with Crippen molar-refractivity contribution in [3.05, 3.63) is 54.4 Å². The standard InChI is InChI=1S/C20H20N2O3/c23-16-7-5-15(6-8-16)22-20(24)14-3-1-13(2-4-14)19-17-10-12-25-18(17)9-11-21-19/h1-4,9-12,15-16,23H,5-8H2,(H,22,24)/t15-,16+. The number of nitrogens with zero attached hydrogens (tertiary/aromatic N) is 1. The first-order valence-corrected chi connectivity index (χ1v) is 8.62. The van der Waals surface area contributed by atoms with E-state index in [2.05, 4.69) is 10.3 Å². The summed E-state index contributed by atoms with van der Waals surface area (Å²) in [7, 11) is 0. The van der Waals surface area contributed by atoms with Crippen molar-refractivity contribution in [1.29, 1.82) is 0 Å². The van der Waals surface area contributed by atoms with E-state index in [4.69, 9.17) is 4.42 Å². The fourth-order valence-electron chi connectivity index (χ4n) is 3.39. The molecule has 1 aliphatic carbocycles. The van der Waals surface area contributed by atoms with E-state index in [1.54, 1.807) is 12.5 Å². The van der Waals surface area contributed by atoms with Crippen molar-refractivity contribution in [1.82, 2.24) is 10.3 Å². The molecule has 1 aromatic carbocycles. The van der Waals surface area contributed by atoms with Gasteiger partial charge in [0.15, 0.2) is 0 Å². The molecule has 3 aromatic rings. The molecule has 0 saturated heterocycles. The predicted molar refractivity (Wildman–Crippen MR) is 95.2 cm³/mol. The Labute approximate surface area is 145 Å². The molecule has 2 aromatic heterocycles. The molecule has 0 bridgehead atoms. The zero-order chi connectivity index (χ0) is 17.2. The van der Waals surface area contributed by atoms with Gasteiger partial charge in [-0.2, -0.15) is 0 Å². The Balaban J connectivity index is 1.50. The fourth-order valence-corrected chi connectivity index (χ4v) is 3.39.